The summed E-state index contributed by atoms with van der Waals surface area (Å²) in [5.41, 5.74) is 1.09. The molecule has 2 heterocycles. The minimum atomic E-state index is -0.529. The predicted octanol–water partition coefficient (Wildman–Crippen LogP) is 5.09. The minimum absolute atomic E-state index is 0.0150. The number of benzene rings is 2. The Hall–Kier alpha value is -3.85. The quantitative estimate of drug-likeness (QED) is 0.314. The van der Waals surface area contributed by atoms with Crippen LogP contribution in [0.5, 0.6) is 11.5 Å². The molecule has 0 aliphatic heterocycles. The van der Waals surface area contributed by atoms with Crippen molar-refractivity contribution in [1.29, 1.82) is 0 Å². The molecule has 0 unspecified atom stereocenters. The molecule has 0 saturated carbocycles. The standard InChI is InChI=1S/C24H23N3O5S/c1-4-25-24(31)21-20(26-23(30)14-6-5-13-7-8-33-19(13)9-14)22(32-27-21)16-10-15(12(2)3)17(28)11-18(16)29/h5-12,28-29H,4H2,1-3H3,(H,25,31)(H,26,30). The lowest BCUT2D eigenvalue weighted by Crippen LogP contribution is -2.25. The first-order chi connectivity index (χ1) is 15.8. The number of nitrogens with zero attached hydrogens (tertiary/aromatic N) is 1. The first kappa shape index (κ1) is 22.3. The molecule has 8 nitrogen and oxygen atoms in total. The molecule has 2 amide bonds. The molecule has 4 N–H and O–H groups in total. The fourth-order valence-corrected chi connectivity index (χ4v) is 4.34. The van der Waals surface area contributed by atoms with E-state index in [0.29, 0.717) is 17.7 Å². The van der Waals surface area contributed by atoms with E-state index < -0.39 is 11.8 Å². The van der Waals surface area contributed by atoms with Crippen molar-refractivity contribution in [1.82, 2.24) is 10.5 Å². The van der Waals surface area contributed by atoms with Gasteiger partial charge in [0.05, 0.1) is 5.56 Å². The van der Waals surface area contributed by atoms with E-state index in [4.69, 9.17) is 4.52 Å². The Morgan fingerprint density at radius 2 is 1.88 bits per heavy atom. The van der Waals surface area contributed by atoms with Gasteiger partial charge in [-0.1, -0.05) is 25.1 Å². The Kier molecular flexibility index (Phi) is 6.06. The van der Waals surface area contributed by atoms with E-state index in [1.807, 2.05) is 31.4 Å². The second-order valence-electron chi connectivity index (χ2n) is 7.80. The van der Waals surface area contributed by atoms with Crippen molar-refractivity contribution in [2.45, 2.75) is 26.7 Å². The topological polar surface area (TPSA) is 125 Å². The molecule has 170 valence electrons. The maximum Gasteiger partial charge on any atom is 0.275 e. The van der Waals surface area contributed by atoms with E-state index >= 15 is 0 Å². The van der Waals surface area contributed by atoms with Crippen LogP contribution in [0.1, 0.15) is 53.1 Å². The molecule has 0 spiro atoms. The van der Waals surface area contributed by atoms with Gasteiger partial charge in [0.15, 0.2) is 11.5 Å². The van der Waals surface area contributed by atoms with Gasteiger partial charge in [-0.15, -0.1) is 11.3 Å². The summed E-state index contributed by atoms with van der Waals surface area (Å²) in [4.78, 5) is 25.7. The summed E-state index contributed by atoms with van der Waals surface area (Å²) in [6.07, 6.45) is 0. The van der Waals surface area contributed by atoms with E-state index in [-0.39, 0.29) is 40.1 Å². The fraction of sp³-hybridized carbons (Fsp3) is 0.208. The van der Waals surface area contributed by atoms with Crippen molar-refractivity contribution in [2.75, 3.05) is 11.9 Å². The van der Waals surface area contributed by atoms with Crippen LogP contribution in [0.25, 0.3) is 21.4 Å². The number of fused-ring (bicyclic) bond motifs is 1. The van der Waals surface area contributed by atoms with E-state index in [0.717, 1.165) is 10.1 Å². The van der Waals surface area contributed by atoms with Crippen LogP contribution >= 0.6 is 11.3 Å². The van der Waals surface area contributed by atoms with E-state index in [1.54, 1.807) is 25.1 Å². The number of anilines is 1. The SMILES string of the molecule is CCNC(=O)c1noc(-c2cc(C(C)C)c(O)cc2O)c1NC(=O)c1ccc2ccsc2c1. The summed E-state index contributed by atoms with van der Waals surface area (Å²) in [7, 11) is 0. The number of amides is 2. The van der Waals surface area contributed by atoms with Gasteiger partial charge in [-0.3, -0.25) is 9.59 Å². The van der Waals surface area contributed by atoms with Crippen LogP contribution in [0.3, 0.4) is 0 Å². The van der Waals surface area contributed by atoms with Crippen molar-refractivity contribution in [3.05, 3.63) is 58.6 Å². The molecular formula is C24H23N3O5S. The highest BCUT2D eigenvalue weighted by atomic mass is 32.1. The van der Waals surface area contributed by atoms with Crippen molar-refractivity contribution in [2.24, 2.45) is 0 Å². The maximum absolute atomic E-state index is 13.1. The third-order valence-electron chi connectivity index (χ3n) is 5.21. The van der Waals surface area contributed by atoms with Gasteiger partial charge in [0.2, 0.25) is 0 Å². The van der Waals surface area contributed by atoms with Crippen LogP contribution in [0, 0.1) is 0 Å². The number of phenolic OH excluding ortho intramolecular Hbond substituents is 2. The minimum Gasteiger partial charge on any atom is -0.508 e. The predicted molar refractivity (Wildman–Crippen MR) is 127 cm³/mol. The Morgan fingerprint density at radius 1 is 1.09 bits per heavy atom. The Bertz CT molecular complexity index is 1360. The summed E-state index contributed by atoms with van der Waals surface area (Å²) < 4.78 is 6.39. The molecule has 0 radical (unpaired) electrons. The summed E-state index contributed by atoms with van der Waals surface area (Å²) in [6, 6.07) is 10.0. The summed E-state index contributed by atoms with van der Waals surface area (Å²) >= 11 is 1.52. The van der Waals surface area contributed by atoms with Gasteiger partial charge < -0.3 is 25.4 Å². The number of thiophene rings is 1. The monoisotopic (exact) mass is 465 g/mol. The number of carbonyl (C=O) groups excluding carboxylic acids is 2. The van der Waals surface area contributed by atoms with Crippen LogP contribution < -0.4 is 10.6 Å². The highest BCUT2D eigenvalue weighted by Crippen LogP contribution is 2.41. The van der Waals surface area contributed by atoms with Crippen molar-refractivity contribution in [3.8, 4) is 22.8 Å². The third-order valence-corrected chi connectivity index (χ3v) is 6.09. The zero-order valence-corrected chi connectivity index (χ0v) is 19.1. The number of nitrogens with one attached hydrogen (secondary N) is 2. The molecule has 33 heavy (non-hydrogen) atoms. The zero-order valence-electron chi connectivity index (χ0n) is 18.3. The average molecular weight is 466 g/mol. The van der Waals surface area contributed by atoms with Crippen LogP contribution in [0.2, 0.25) is 0 Å². The van der Waals surface area contributed by atoms with Gasteiger partial charge in [0, 0.05) is 22.9 Å². The molecule has 0 atom stereocenters. The molecule has 9 heteroatoms. The van der Waals surface area contributed by atoms with Crippen molar-refractivity contribution >= 4 is 38.9 Å². The second kappa shape index (κ2) is 8.95. The number of hydrogen-bond donors (Lipinski definition) is 4. The molecular weight excluding hydrogens is 442 g/mol. The highest BCUT2D eigenvalue weighted by Gasteiger charge is 2.27. The maximum atomic E-state index is 13.1. The number of hydrogen-bond acceptors (Lipinski definition) is 7. The van der Waals surface area contributed by atoms with Crippen LogP contribution in [0.4, 0.5) is 5.69 Å². The highest BCUT2D eigenvalue weighted by molar-refractivity contribution is 7.17. The van der Waals surface area contributed by atoms with Crippen molar-refractivity contribution < 1.29 is 24.3 Å². The molecule has 4 aromatic rings. The third kappa shape index (κ3) is 4.27. The Labute approximate surface area is 193 Å². The van der Waals surface area contributed by atoms with Crippen LogP contribution in [0.15, 0.2) is 46.3 Å². The number of aromatic nitrogens is 1. The largest absolute Gasteiger partial charge is 0.508 e. The molecule has 2 aromatic heterocycles. The van der Waals surface area contributed by atoms with Gasteiger partial charge in [-0.05, 0) is 53.4 Å². The van der Waals surface area contributed by atoms with Gasteiger partial charge in [0.1, 0.15) is 17.2 Å². The summed E-state index contributed by atoms with van der Waals surface area (Å²) in [5, 5.41) is 32.9. The number of aromatic hydroxyl groups is 2. The van der Waals surface area contributed by atoms with Crippen LogP contribution in [-0.2, 0) is 0 Å². The molecule has 0 bridgehead atoms. The number of rotatable bonds is 6. The summed E-state index contributed by atoms with van der Waals surface area (Å²) in [5.74, 6) is -1.36. The van der Waals surface area contributed by atoms with Gasteiger partial charge >= 0.3 is 0 Å². The zero-order chi connectivity index (χ0) is 23.7. The number of phenols is 2. The molecule has 0 saturated heterocycles. The Balaban J connectivity index is 1.80. The lowest BCUT2D eigenvalue weighted by Gasteiger charge is -2.13. The first-order valence-corrected chi connectivity index (χ1v) is 11.3. The first-order valence-electron chi connectivity index (χ1n) is 10.4. The molecule has 0 fully saturated rings. The Morgan fingerprint density at radius 3 is 2.61 bits per heavy atom. The lowest BCUT2D eigenvalue weighted by atomic mass is 9.97. The molecule has 0 aliphatic rings. The van der Waals surface area contributed by atoms with E-state index in [9.17, 15) is 19.8 Å². The lowest BCUT2D eigenvalue weighted by molar-refractivity contribution is 0.0947. The summed E-state index contributed by atoms with van der Waals surface area (Å²) in [6.45, 7) is 5.89. The van der Waals surface area contributed by atoms with E-state index in [2.05, 4.69) is 15.8 Å². The molecule has 4 rings (SSSR count). The van der Waals surface area contributed by atoms with Crippen molar-refractivity contribution in [3.63, 3.8) is 0 Å². The van der Waals surface area contributed by atoms with Gasteiger partial charge in [0.25, 0.3) is 11.8 Å². The van der Waals surface area contributed by atoms with Gasteiger partial charge in [-0.25, -0.2) is 0 Å². The van der Waals surface area contributed by atoms with Gasteiger partial charge in [-0.2, -0.15) is 0 Å². The smallest absolute Gasteiger partial charge is 0.275 e. The molecule has 0 aliphatic carbocycles. The molecule has 2 aromatic carbocycles. The normalized spacial score (nSPS) is 11.2. The second-order valence-corrected chi connectivity index (χ2v) is 8.75. The number of carbonyl (C=O) groups is 2. The average Bonchev–Trinajstić information content (AvgIpc) is 3.40. The fourth-order valence-electron chi connectivity index (χ4n) is 3.51. The van der Waals surface area contributed by atoms with Crippen LogP contribution in [-0.4, -0.2) is 33.7 Å². The van der Waals surface area contributed by atoms with E-state index in [1.165, 1.54) is 17.4 Å².